The first-order valence-electron chi connectivity index (χ1n) is 6.54. The Labute approximate surface area is 128 Å². The molecule has 0 spiro atoms. The number of halogens is 2. The maximum atomic E-state index is 6.05. The highest BCUT2D eigenvalue weighted by Crippen LogP contribution is 2.20. The van der Waals surface area contributed by atoms with E-state index in [4.69, 9.17) is 11.6 Å². The Morgan fingerprint density at radius 1 is 1.05 bits per heavy atom. The second-order valence-corrected chi connectivity index (χ2v) is 6.07. The van der Waals surface area contributed by atoms with Crippen LogP contribution in [-0.2, 0) is 12.8 Å². The lowest BCUT2D eigenvalue weighted by molar-refractivity contribution is 0.589. The largest absolute Gasteiger partial charge is 0.0925 e. The van der Waals surface area contributed by atoms with E-state index >= 15 is 0 Å². The Balaban J connectivity index is 2.07. The van der Waals surface area contributed by atoms with Gasteiger partial charge in [0, 0.05) is 10.4 Å². The van der Waals surface area contributed by atoms with Crippen molar-refractivity contribution in [2.45, 2.75) is 19.8 Å². The Hall–Kier alpha value is -0.790. The third-order valence-corrected chi connectivity index (χ3v) is 4.55. The standard InChI is InChI=1S/C17H18BrCl/c1-13-5-2-3-7-16(13)10-15(12-18)9-14-6-4-8-17(19)11-14/h2-8,11,15H,9-10,12H2,1H3. The van der Waals surface area contributed by atoms with Gasteiger partial charge in [0.05, 0.1) is 0 Å². The van der Waals surface area contributed by atoms with Gasteiger partial charge in [0.15, 0.2) is 0 Å². The Morgan fingerprint density at radius 2 is 1.84 bits per heavy atom. The van der Waals surface area contributed by atoms with Crippen LogP contribution in [0.2, 0.25) is 5.02 Å². The topological polar surface area (TPSA) is 0 Å². The van der Waals surface area contributed by atoms with Crippen LogP contribution in [0.4, 0.5) is 0 Å². The molecule has 0 aliphatic heterocycles. The highest BCUT2D eigenvalue weighted by atomic mass is 79.9. The average molecular weight is 338 g/mol. The van der Waals surface area contributed by atoms with Crippen LogP contribution in [0.15, 0.2) is 48.5 Å². The summed E-state index contributed by atoms with van der Waals surface area (Å²) < 4.78 is 0. The van der Waals surface area contributed by atoms with E-state index in [9.17, 15) is 0 Å². The highest BCUT2D eigenvalue weighted by Gasteiger charge is 2.11. The summed E-state index contributed by atoms with van der Waals surface area (Å²) in [5.74, 6) is 0.597. The Kier molecular flexibility index (Phi) is 5.47. The Bertz CT molecular complexity index is 536. The second kappa shape index (κ2) is 7.12. The number of alkyl halides is 1. The molecular weight excluding hydrogens is 320 g/mol. The van der Waals surface area contributed by atoms with E-state index in [1.807, 2.05) is 12.1 Å². The third kappa shape index (κ3) is 4.36. The van der Waals surface area contributed by atoms with Gasteiger partial charge < -0.3 is 0 Å². The highest BCUT2D eigenvalue weighted by molar-refractivity contribution is 9.09. The predicted octanol–water partition coefficient (Wildman–Crippen LogP) is 5.44. The number of benzene rings is 2. The number of rotatable bonds is 5. The van der Waals surface area contributed by atoms with Gasteiger partial charge in [-0.05, 0) is 54.5 Å². The van der Waals surface area contributed by atoms with E-state index in [2.05, 4.69) is 59.3 Å². The molecule has 2 rings (SSSR count). The molecule has 0 nitrogen and oxygen atoms in total. The first-order chi connectivity index (χ1) is 9.19. The van der Waals surface area contributed by atoms with Crippen LogP contribution >= 0.6 is 27.5 Å². The lowest BCUT2D eigenvalue weighted by Gasteiger charge is -2.16. The van der Waals surface area contributed by atoms with Crippen molar-refractivity contribution in [3.05, 3.63) is 70.2 Å². The van der Waals surface area contributed by atoms with Gasteiger partial charge in [-0.3, -0.25) is 0 Å². The van der Waals surface area contributed by atoms with Gasteiger partial charge >= 0.3 is 0 Å². The van der Waals surface area contributed by atoms with E-state index in [1.165, 1.54) is 16.7 Å². The van der Waals surface area contributed by atoms with Crippen molar-refractivity contribution < 1.29 is 0 Å². The molecule has 0 saturated carbocycles. The molecule has 1 atom stereocenters. The lowest BCUT2D eigenvalue weighted by Crippen LogP contribution is -2.10. The van der Waals surface area contributed by atoms with Crippen molar-refractivity contribution in [1.29, 1.82) is 0 Å². The quantitative estimate of drug-likeness (QED) is 0.637. The first kappa shape index (κ1) is 14.6. The van der Waals surface area contributed by atoms with Crippen LogP contribution in [0.1, 0.15) is 16.7 Å². The molecular formula is C17H18BrCl. The molecule has 0 N–H and O–H groups in total. The van der Waals surface area contributed by atoms with Gasteiger partial charge in [-0.2, -0.15) is 0 Å². The van der Waals surface area contributed by atoms with Gasteiger partial charge in [0.1, 0.15) is 0 Å². The first-order valence-corrected chi connectivity index (χ1v) is 8.04. The van der Waals surface area contributed by atoms with Crippen LogP contribution in [0.5, 0.6) is 0 Å². The van der Waals surface area contributed by atoms with Gasteiger partial charge in [-0.1, -0.05) is 63.9 Å². The normalized spacial score (nSPS) is 12.4. The summed E-state index contributed by atoms with van der Waals surface area (Å²) in [5, 5.41) is 1.83. The number of aryl methyl sites for hydroxylation is 1. The summed E-state index contributed by atoms with van der Waals surface area (Å²) in [6, 6.07) is 16.8. The zero-order valence-corrected chi connectivity index (χ0v) is 13.4. The van der Waals surface area contributed by atoms with E-state index in [-0.39, 0.29) is 0 Å². The summed E-state index contributed by atoms with van der Waals surface area (Å²) in [4.78, 5) is 0. The fourth-order valence-corrected chi connectivity index (χ4v) is 3.00. The Morgan fingerprint density at radius 3 is 2.53 bits per heavy atom. The summed E-state index contributed by atoms with van der Waals surface area (Å²) >= 11 is 9.69. The number of hydrogen-bond acceptors (Lipinski definition) is 0. The van der Waals surface area contributed by atoms with Crippen LogP contribution in [-0.4, -0.2) is 5.33 Å². The van der Waals surface area contributed by atoms with Crippen molar-refractivity contribution >= 4 is 27.5 Å². The van der Waals surface area contributed by atoms with E-state index in [1.54, 1.807) is 0 Å². The predicted molar refractivity (Wildman–Crippen MR) is 87.3 cm³/mol. The summed E-state index contributed by atoms with van der Waals surface area (Å²) in [6.07, 6.45) is 2.16. The SMILES string of the molecule is Cc1ccccc1CC(CBr)Cc1cccc(Cl)c1. The van der Waals surface area contributed by atoms with E-state index in [0.717, 1.165) is 23.2 Å². The molecule has 1 unspecified atom stereocenters. The summed E-state index contributed by atoms with van der Waals surface area (Å²) in [7, 11) is 0. The van der Waals surface area contributed by atoms with Gasteiger partial charge in [0.25, 0.3) is 0 Å². The summed E-state index contributed by atoms with van der Waals surface area (Å²) in [5.41, 5.74) is 4.12. The monoisotopic (exact) mass is 336 g/mol. The third-order valence-electron chi connectivity index (χ3n) is 3.40. The zero-order valence-electron chi connectivity index (χ0n) is 11.1. The smallest absolute Gasteiger partial charge is 0.0408 e. The minimum atomic E-state index is 0.597. The molecule has 0 saturated heterocycles. The molecule has 0 radical (unpaired) electrons. The van der Waals surface area contributed by atoms with E-state index < -0.39 is 0 Å². The minimum absolute atomic E-state index is 0.597. The fraction of sp³-hybridized carbons (Fsp3) is 0.294. The minimum Gasteiger partial charge on any atom is -0.0925 e. The van der Waals surface area contributed by atoms with E-state index in [0.29, 0.717) is 5.92 Å². The maximum absolute atomic E-state index is 6.05. The van der Waals surface area contributed by atoms with Crippen LogP contribution in [0, 0.1) is 12.8 Å². The molecule has 0 aromatic heterocycles. The zero-order chi connectivity index (χ0) is 13.7. The van der Waals surface area contributed by atoms with Gasteiger partial charge in [0.2, 0.25) is 0 Å². The molecule has 2 aromatic rings. The molecule has 0 heterocycles. The number of hydrogen-bond donors (Lipinski definition) is 0. The van der Waals surface area contributed by atoms with Crippen molar-refractivity contribution in [2.24, 2.45) is 5.92 Å². The fourth-order valence-electron chi connectivity index (χ4n) is 2.33. The molecule has 0 amide bonds. The van der Waals surface area contributed by atoms with Gasteiger partial charge in [-0.25, -0.2) is 0 Å². The van der Waals surface area contributed by atoms with Crippen molar-refractivity contribution in [2.75, 3.05) is 5.33 Å². The molecule has 0 aliphatic carbocycles. The van der Waals surface area contributed by atoms with Crippen LogP contribution in [0.3, 0.4) is 0 Å². The van der Waals surface area contributed by atoms with Crippen LogP contribution < -0.4 is 0 Å². The average Bonchev–Trinajstić information content (AvgIpc) is 2.40. The van der Waals surface area contributed by atoms with Crippen molar-refractivity contribution in [3.8, 4) is 0 Å². The molecule has 19 heavy (non-hydrogen) atoms. The van der Waals surface area contributed by atoms with Gasteiger partial charge in [-0.15, -0.1) is 0 Å². The van der Waals surface area contributed by atoms with Crippen molar-refractivity contribution in [1.82, 2.24) is 0 Å². The molecule has 0 aliphatic rings. The molecule has 2 heteroatoms. The summed E-state index contributed by atoms with van der Waals surface area (Å²) in [6.45, 7) is 2.18. The maximum Gasteiger partial charge on any atom is 0.0408 e. The molecule has 0 fully saturated rings. The molecule has 0 bridgehead atoms. The van der Waals surface area contributed by atoms with Crippen molar-refractivity contribution in [3.63, 3.8) is 0 Å². The molecule has 100 valence electrons. The second-order valence-electron chi connectivity index (χ2n) is 4.98. The molecule has 2 aromatic carbocycles. The lowest BCUT2D eigenvalue weighted by atomic mass is 9.92. The van der Waals surface area contributed by atoms with Crippen LogP contribution in [0.25, 0.3) is 0 Å².